The maximum Gasteiger partial charge on any atom is 0.0506 e. The molecule has 1 aliphatic heterocycles. The van der Waals surface area contributed by atoms with E-state index in [1.807, 2.05) is 0 Å². The quantitative estimate of drug-likeness (QED) is 0.704. The van der Waals surface area contributed by atoms with E-state index in [1.165, 1.54) is 12.8 Å². The van der Waals surface area contributed by atoms with Crippen molar-refractivity contribution in [3.05, 3.63) is 0 Å². The lowest BCUT2D eigenvalue weighted by Gasteiger charge is -2.27. The molecule has 15 heavy (non-hydrogen) atoms. The maximum absolute atomic E-state index is 8.90. The zero-order valence-electron chi connectivity index (χ0n) is 10.1. The number of hydrogen-bond donors (Lipinski definition) is 2. The van der Waals surface area contributed by atoms with Crippen LogP contribution < -0.4 is 5.32 Å². The van der Waals surface area contributed by atoms with E-state index in [-0.39, 0.29) is 12.0 Å². The molecule has 1 aliphatic rings. The standard InChI is InChI=1S/C12H25NO2/c1-12(2,5-6-14)10-13-8-11-4-3-7-15-9-11/h11,13-14H,3-10H2,1-2H3. The molecule has 1 heterocycles. The van der Waals surface area contributed by atoms with Crippen LogP contribution in [0.3, 0.4) is 0 Å². The predicted molar refractivity (Wildman–Crippen MR) is 61.9 cm³/mol. The van der Waals surface area contributed by atoms with Crippen LogP contribution in [-0.4, -0.2) is 38.0 Å². The van der Waals surface area contributed by atoms with Crippen LogP contribution in [0.2, 0.25) is 0 Å². The summed E-state index contributed by atoms with van der Waals surface area (Å²) in [6, 6.07) is 0. The Bertz CT molecular complexity index is 165. The molecular formula is C12H25NO2. The van der Waals surface area contributed by atoms with Crippen molar-refractivity contribution in [3.8, 4) is 0 Å². The minimum Gasteiger partial charge on any atom is -0.396 e. The van der Waals surface area contributed by atoms with Crippen LogP contribution in [0.25, 0.3) is 0 Å². The lowest BCUT2D eigenvalue weighted by Crippen LogP contribution is -2.35. The number of rotatable bonds is 6. The smallest absolute Gasteiger partial charge is 0.0506 e. The van der Waals surface area contributed by atoms with Crippen molar-refractivity contribution in [2.24, 2.45) is 11.3 Å². The molecule has 0 aromatic carbocycles. The van der Waals surface area contributed by atoms with E-state index in [1.54, 1.807) is 0 Å². The van der Waals surface area contributed by atoms with Crippen molar-refractivity contribution >= 4 is 0 Å². The molecule has 1 saturated heterocycles. The van der Waals surface area contributed by atoms with Gasteiger partial charge in [0.2, 0.25) is 0 Å². The summed E-state index contributed by atoms with van der Waals surface area (Å²) in [4.78, 5) is 0. The minimum absolute atomic E-state index is 0.199. The predicted octanol–water partition coefficient (Wildman–Crippen LogP) is 1.41. The molecule has 0 saturated carbocycles. The topological polar surface area (TPSA) is 41.5 Å². The molecule has 3 heteroatoms. The highest BCUT2D eigenvalue weighted by Crippen LogP contribution is 2.18. The van der Waals surface area contributed by atoms with Crippen LogP contribution in [0, 0.1) is 11.3 Å². The van der Waals surface area contributed by atoms with Crippen LogP contribution in [0.4, 0.5) is 0 Å². The summed E-state index contributed by atoms with van der Waals surface area (Å²) in [5, 5.41) is 12.4. The van der Waals surface area contributed by atoms with E-state index in [0.717, 1.165) is 32.7 Å². The molecule has 0 spiro atoms. The first kappa shape index (κ1) is 12.9. The molecule has 0 bridgehead atoms. The van der Waals surface area contributed by atoms with Gasteiger partial charge in [0.1, 0.15) is 0 Å². The van der Waals surface area contributed by atoms with Gasteiger partial charge in [0.05, 0.1) is 6.61 Å². The molecule has 90 valence electrons. The summed E-state index contributed by atoms with van der Waals surface area (Å²) in [6.07, 6.45) is 3.35. The van der Waals surface area contributed by atoms with E-state index >= 15 is 0 Å². The molecule has 0 aromatic rings. The summed E-state index contributed by atoms with van der Waals surface area (Å²) in [5.41, 5.74) is 0.199. The fourth-order valence-corrected chi connectivity index (χ4v) is 1.97. The summed E-state index contributed by atoms with van der Waals surface area (Å²) < 4.78 is 5.43. The van der Waals surface area contributed by atoms with Gasteiger partial charge in [0, 0.05) is 26.3 Å². The highest BCUT2D eigenvalue weighted by molar-refractivity contribution is 4.73. The fourth-order valence-electron chi connectivity index (χ4n) is 1.97. The number of aliphatic hydroxyl groups is 1. The Hall–Kier alpha value is -0.120. The van der Waals surface area contributed by atoms with Crippen LogP contribution >= 0.6 is 0 Å². The third-order valence-corrected chi connectivity index (χ3v) is 3.08. The molecule has 0 aromatic heterocycles. The molecule has 1 rings (SSSR count). The summed E-state index contributed by atoms with van der Waals surface area (Å²) in [5.74, 6) is 0.684. The molecule has 1 atom stereocenters. The van der Waals surface area contributed by atoms with Crippen LogP contribution in [0.1, 0.15) is 33.1 Å². The highest BCUT2D eigenvalue weighted by Gasteiger charge is 2.18. The lowest BCUT2D eigenvalue weighted by atomic mass is 9.89. The van der Waals surface area contributed by atoms with E-state index in [0.29, 0.717) is 5.92 Å². The number of ether oxygens (including phenoxy) is 1. The lowest BCUT2D eigenvalue weighted by molar-refractivity contribution is 0.0536. The first-order chi connectivity index (χ1) is 7.14. The largest absolute Gasteiger partial charge is 0.396 e. The van der Waals surface area contributed by atoms with Gasteiger partial charge in [-0.25, -0.2) is 0 Å². The van der Waals surface area contributed by atoms with Gasteiger partial charge in [-0.2, -0.15) is 0 Å². The molecule has 2 N–H and O–H groups in total. The first-order valence-corrected chi connectivity index (χ1v) is 6.03. The van der Waals surface area contributed by atoms with Gasteiger partial charge in [0.25, 0.3) is 0 Å². The SMILES string of the molecule is CC(C)(CCO)CNCC1CCCOC1. The fraction of sp³-hybridized carbons (Fsp3) is 1.00. The van der Waals surface area contributed by atoms with Gasteiger partial charge in [-0.15, -0.1) is 0 Å². The summed E-state index contributed by atoms with van der Waals surface area (Å²) in [6.45, 7) is 8.53. The van der Waals surface area contributed by atoms with Crippen molar-refractivity contribution in [2.45, 2.75) is 33.1 Å². The Morgan fingerprint density at radius 2 is 2.27 bits per heavy atom. The Morgan fingerprint density at radius 3 is 2.87 bits per heavy atom. The van der Waals surface area contributed by atoms with Crippen molar-refractivity contribution in [1.82, 2.24) is 5.32 Å². The summed E-state index contributed by atoms with van der Waals surface area (Å²) in [7, 11) is 0. The second kappa shape index (κ2) is 6.46. The average molecular weight is 215 g/mol. The minimum atomic E-state index is 0.199. The monoisotopic (exact) mass is 215 g/mol. The molecule has 0 aliphatic carbocycles. The van der Waals surface area contributed by atoms with Gasteiger partial charge in [-0.1, -0.05) is 13.8 Å². The van der Waals surface area contributed by atoms with Crippen molar-refractivity contribution < 1.29 is 9.84 Å². The normalized spacial score (nSPS) is 23.0. The second-order valence-corrected chi connectivity index (χ2v) is 5.35. The molecule has 0 radical (unpaired) electrons. The van der Waals surface area contributed by atoms with E-state index in [4.69, 9.17) is 9.84 Å². The van der Waals surface area contributed by atoms with Gasteiger partial charge in [0.15, 0.2) is 0 Å². The van der Waals surface area contributed by atoms with E-state index in [2.05, 4.69) is 19.2 Å². The highest BCUT2D eigenvalue weighted by atomic mass is 16.5. The number of nitrogens with one attached hydrogen (secondary N) is 1. The van der Waals surface area contributed by atoms with E-state index in [9.17, 15) is 0 Å². The van der Waals surface area contributed by atoms with E-state index < -0.39 is 0 Å². The van der Waals surface area contributed by atoms with Crippen LogP contribution in [0.5, 0.6) is 0 Å². The van der Waals surface area contributed by atoms with Gasteiger partial charge in [-0.3, -0.25) is 0 Å². The van der Waals surface area contributed by atoms with Crippen molar-refractivity contribution in [1.29, 1.82) is 0 Å². The molecule has 1 fully saturated rings. The Labute approximate surface area is 93.2 Å². The maximum atomic E-state index is 8.90. The zero-order chi connectivity index (χ0) is 11.1. The number of aliphatic hydroxyl groups excluding tert-OH is 1. The Morgan fingerprint density at radius 1 is 1.47 bits per heavy atom. The zero-order valence-corrected chi connectivity index (χ0v) is 10.1. The van der Waals surface area contributed by atoms with Crippen LogP contribution in [-0.2, 0) is 4.74 Å². The molecule has 0 amide bonds. The molecular weight excluding hydrogens is 190 g/mol. The average Bonchev–Trinajstić information content (AvgIpc) is 2.19. The molecule has 3 nitrogen and oxygen atoms in total. The first-order valence-electron chi connectivity index (χ1n) is 6.03. The van der Waals surface area contributed by atoms with Gasteiger partial charge < -0.3 is 15.2 Å². The molecule has 1 unspecified atom stereocenters. The Balaban J connectivity index is 2.09. The van der Waals surface area contributed by atoms with Crippen molar-refractivity contribution in [3.63, 3.8) is 0 Å². The third-order valence-electron chi connectivity index (χ3n) is 3.08. The van der Waals surface area contributed by atoms with Crippen LogP contribution in [0.15, 0.2) is 0 Å². The third kappa shape index (κ3) is 5.50. The number of hydrogen-bond acceptors (Lipinski definition) is 3. The van der Waals surface area contributed by atoms with Gasteiger partial charge >= 0.3 is 0 Å². The van der Waals surface area contributed by atoms with Crippen molar-refractivity contribution in [2.75, 3.05) is 32.9 Å². The Kier molecular flexibility index (Phi) is 5.58. The second-order valence-electron chi connectivity index (χ2n) is 5.35. The van der Waals surface area contributed by atoms with Gasteiger partial charge in [-0.05, 0) is 30.6 Å². The summed E-state index contributed by atoms with van der Waals surface area (Å²) >= 11 is 0.